The zero-order valence-electron chi connectivity index (χ0n) is 11.3. The highest BCUT2D eigenvalue weighted by Gasteiger charge is 2.15. The summed E-state index contributed by atoms with van der Waals surface area (Å²) in [6.45, 7) is 3.37. The fraction of sp³-hybridized carbons (Fsp3) is 0.429. The standard InChI is InChI=1S/C14H19N3O2S/c15-13(20)9-11-1-3-12(4-2-11)19-8-7-17-6-5-16-14(18)10-17/h1-4H,5-10H2,(H2,15,20)(H,16,18). The fourth-order valence-corrected chi connectivity index (χ4v) is 2.25. The molecule has 1 aromatic rings. The van der Waals surface area contributed by atoms with E-state index in [1.54, 1.807) is 0 Å². The molecule has 1 aromatic carbocycles. The predicted molar refractivity (Wildman–Crippen MR) is 81.9 cm³/mol. The average molecular weight is 293 g/mol. The molecular formula is C14H19N3O2S. The molecule has 0 radical (unpaired) electrons. The smallest absolute Gasteiger partial charge is 0.234 e. The third-order valence-electron chi connectivity index (χ3n) is 3.10. The molecule has 0 spiro atoms. The molecule has 1 saturated heterocycles. The zero-order chi connectivity index (χ0) is 14.4. The summed E-state index contributed by atoms with van der Waals surface area (Å²) in [4.78, 5) is 13.8. The molecule has 1 aliphatic rings. The number of benzene rings is 1. The van der Waals surface area contributed by atoms with Gasteiger partial charge in [0.15, 0.2) is 0 Å². The molecule has 5 nitrogen and oxygen atoms in total. The first kappa shape index (κ1) is 14.7. The maximum Gasteiger partial charge on any atom is 0.234 e. The van der Waals surface area contributed by atoms with Gasteiger partial charge in [0.2, 0.25) is 5.91 Å². The Bertz CT molecular complexity index is 476. The average Bonchev–Trinajstić information content (AvgIpc) is 2.40. The molecule has 0 atom stereocenters. The van der Waals surface area contributed by atoms with E-state index in [4.69, 9.17) is 22.7 Å². The summed E-state index contributed by atoms with van der Waals surface area (Å²) >= 11 is 4.87. The van der Waals surface area contributed by atoms with Gasteiger partial charge in [0, 0.05) is 26.1 Å². The molecule has 20 heavy (non-hydrogen) atoms. The van der Waals surface area contributed by atoms with Crippen molar-refractivity contribution in [1.29, 1.82) is 0 Å². The van der Waals surface area contributed by atoms with Crippen LogP contribution in [0.1, 0.15) is 5.56 Å². The highest BCUT2D eigenvalue weighted by atomic mass is 32.1. The maximum atomic E-state index is 11.2. The van der Waals surface area contributed by atoms with Crippen molar-refractivity contribution in [3.05, 3.63) is 29.8 Å². The van der Waals surface area contributed by atoms with Crippen LogP contribution in [-0.4, -0.2) is 48.6 Å². The molecule has 2 rings (SSSR count). The number of hydrogen-bond acceptors (Lipinski definition) is 4. The van der Waals surface area contributed by atoms with Crippen LogP contribution in [-0.2, 0) is 11.2 Å². The van der Waals surface area contributed by atoms with E-state index in [0.717, 1.165) is 24.4 Å². The van der Waals surface area contributed by atoms with Crippen LogP contribution in [0.5, 0.6) is 5.75 Å². The normalized spacial score (nSPS) is 15.7. The molecule has 1 aliphatic heterocycles. The minimum Gasteiger partial charge on any atom is -0.492 e. The summed E-state index contributed by atoms with van der Waals surface area (Å²) in [5.74, 6) is 0.900. The lowest BCUT2D eigenvalue weighted by atomic mass is 10.1. The van der Waals surface area contributed by atoms with Gasteiger partial charge < -0.3 is 15.8 Å². The number of rotatable bonds is 6. The van der Waals surface area contributed by atoms with Crippen molar-refractivity contribution in [1.82, 2.24) is 10.2 Å². The molecule has 0 bridgehead atoms. The SMILES string of the molecule is NC(=S)Cc1ccc(OCCN2CCNC(=O)C2)cc1. The minimum atomic E-state index is 0.0818. The first-order chi connectivity index (χ1) is 9.63. The van der Waals surface area contributed by atoms with Crippen molar-refractivity contribution < 1.29 is 9.53 Å². The van der Waals surface area contributed by atoms with Crippen LogP contribution in [0.4, 0.5) is 0 Å². The number of nitrogens with zero attached hydrogens (tertiary/aromatic N) is 1. The molecule has 0 saturated carbocycles. The van der Waals surface area contributed by atoms with Crippen LogP contribution >= 0.6 is 12.2 Å². The first-order valence-electron chi connectivity index (χ1n) is 6.62. The van der Waals surface area contributed by atoms with Gasteiger partial charge in [0.1, 0.15) is 12.4 Å². The quantitative estimate of drug-likeness (QED) is 0.740. The van der Waals surface area contributed by atoms with Crippen LogP contribution in [0, 0.1) is 0 Å². The van der Waals surface area contributed by atoms with Gasteiger partial charge >= 0.3 is 0 Å². The van der Waals surface area contributed by atoms with Crippen molar-refractivity contribution >= 4 is 23.1 Å². The third kappa shape index (κ3) is 4.79. The number of amides is 1. The summed E-state index contributed by atoms with van der Waals surface area (Å²) in [7, 11) is 0. The lowest BCUT2D eigenvalue weighted by Crippen LogP contribution is -2.48. The van der Waals surface area contributed by atoms with E-state index in [1.807, 2.05) is 24.3 Å². The second-order valence-electron chi connectivity index (χ2n) is 4.76. The van der Waals surface area contributed by atoms with E-state index in [9.17, 15) is 4.79 Å². The number of ether oxygens (including phenoxy) is 1. The number of nitrogens with one attached hydrogen (secondary N) is 1. The van der Waals surface area contributed by atoms with Gasteiger partial charge in [-0.25, -0.2) is 0 Å². The Morgan fingerprint density at radius 2 is 2.15 bits per heavy atom. The molecule has 1 heterocycles. The van der Waals surface area contributed by atoms with Crippen LogP contribution in [0.3, 0.4) is 0 Å². The Hall–Kier alpha value is -1.66. The van der Waals surface area contributed by atoms with E-state index in [2.05, 4.69) is 10.2 Å². The lowest BCUT2D eigenvalue weighted by molar-refractivity contribution is -0.124. The van der Waals surface area contributed by atoms with E-state index in [0.29, 0.717) is 31.1 Å². The van der Waals surface area contributed by atoms with Gasteiger partial charge in [-0.05, 0) is 17.7 Å². The Morgan fingerprint density at radius 1 is 1.40 bits per heavy atom. The summed E-state index contributed by atoms with van der Waals surface area (Å²) in [6, 6.07) is 7.75. The van der Waals surface area contributed by atoms with Gasteiger partial charge in [-0.3, -0.25) is 9.69 Å². The van der Waals surface area contributed by atoms with Crippen LogP contribution in [0.2, 0.25) is 0 Å². The van der Waals surface area contributed by atoms with Gasteiger partial charge in [-0.2, -0.15) is 0 Å². The molecule has 0 aromatic heterocycles. The number of carbonyl (C=O) groups is 1. The van der Waals surface area contributed by atoms with Crippen molar-refractivity contribution in [2.75, 3.05) is 32.8 Å². The topological polar surface area (TPSA) is 67.6 Å². The van der Waals surface area contributed by atoms with E-state index in [-0.39, 0.29) is 5.91 Å². The van der Waals surface area contributed by atoms with Crippen LogP contribution in [0.15, 0.2) is 24.3 Å². The lowest BCUT2D eigenvalue weighted by Gasteiger charge is -2.26. The number of thiocarbonyl (C=S) groups is 1. The van der Waals surface area contributed by atoms with Gasteiger partial charge in [-0.15, -0.1) is 0 Å². The van der Waals surface area contributed by atoms with Crippen molar-refractivity contribution in [3.8, 4) is 5.75 Å². The Labute approximate surface area is 124 Å². The van der Waals surface area contributed by atoms with E-state index in [1.165, 1.54) is 0 Å². The summed E-state index contributed by atoms with van der Waals surface area (Å²) in [6.07, 6.45) is 0.610. The largest absolute Gasteiger partial charge is 0.492 e. The zero-order valence-corrected chi connectivity index (χ0v) is 12.1. The predicted octanol–water partition coefficient (Wildman–Crippen LogP) is 0.326. The maximum absolute atomic E-state index is 11.2. The van der Waals surface area contributed by atoms with Crippen LogP contribution < -0.4 is 15.8 Å². The molecule has 6 heteroatoms. The van der Waals surface area contributed by atoms with Crippen LogP contribution in [0.25, 0.3) is 0 Å². The highest BCUT2D eigenvalue weighted by Crippen LogP contribution is 2.12. The number of hydrogen-bond donors (Lipinski definition) is 2. The first-order valence-corrected chi connectivity index (χ1v) is 7.03. The summed E-state index contributed by atoms with van der Waals surface area (Å²) in [5, 5.41) is 2.80. The molecule has 3 N–H and O–H groups in total. The van der Waals surface area contributed by atoms with Gasteiger partial charge in [-0.1, -0.05) is 24.4 Å². The number of piperazine rings is 1. The van der Waals surface area contributed by atoms with Crippen molar-refractivity contribution in [2.45, 2.75) is 6.42 Å². The second-order valence-corrected chi connectivity index (χ2v) is 5.29. The third-order valence-corrected chi connectivity index (χ3v) is 3.24. The molecule has 0 unspecified atom stereocenters. The molecule has 0 aliphatic carbocycles. The molecule has 1 fully saturated rings. The fourth-order valence-electron chi connectivity index (χ4n) is 2.08. The summed E-state index contributed by atoms with van der Waals surface area (Å²) in [5.41, 5.74) is 6.58. The Morgan fingerprint density at radius 3 is 2.80 bits per heavy atom. The van der Waals surface area contributed by atoms with Gasteiger partial charge in [0.05, 0.1) is 11.5 Å². The number of nitrogens with two attached hydrogens (primary N) is 1. The van der Waals surface area contributed by atoms with Gasteiger partial charge in [0.25, 0.3) is 0 Å². The minimum absolute atomic E-state index is 0.0818. The van der Waals surface area contributed by atoms with Crippen molar-refractivity contribution in [2.24, 2.45) is 5.73 Å². The van der Waals surface area contributed by atoms with E-state index < -0.39 is 0 Å². The number of carbonyl (C=O) groups excluding carboxylic acids is 1. The van der Waals surface area contributed by atoms with Crippen molar-refractivity contribution in [3.63, 3.8) is 0 Å². The Kier molecular flexibility index (Phi) is 5.31. The monoisotopic (exact) mass is 293 g/mol. The second kappa shape index (κ2) is 7.21. The molecule has 1 amide bonds. The van der Waals surface area contributed by atoms with E-state index >= 15 is 0 Å². The Balaban J connectivity index is 1.73. The molecular weight excluding hydrogens is 274 g/mol. The molecule has 108 valence electrons. The summed E-state index contributed by atoms with van der Waals surface area (Å²) < 4.78 is 5.67. The highest BCUT2D eigenvalue weighted by molar-refractivity contribution is 7.80.